The number of hydrogen-bond donors (Lipinski definition) is 2. The molecule has 0 bridgehead atoms. The van der Waals surface area contributed by atoms with Crippen molar-refractivity contribution in [1.29, 1.82) is 0 Å². The molecule has 1 amide bonds. The average Bonchev–Trinajstić information content (AvgIpc) is 2.92. The fraction of sp³-hybridized carbons (Fsp3) is 0.471. The number of carbonyl (C=O) groups excluding carboxylic acids is 1. The van der Waals surface area contributed by atoms with E-state index in [0.29, 0.717) is 12.0 Å². The molecule has 2 N–H and O–H groups in total. The van der Waals surface area contributed by atoms with Crippen molar-refractivity contribution in [1.82, 2.24) is 5.32 Å². The van der Waals surface area contributed by atoms with Crippen molar-refractivity contribution in [2.75, 3.05) is 11.6 Å². The summed E-state index contributed by atoms with van der Waals surface area (Å²) in [6.07, 6.45) is 1.35. The number of benzene rings is 1. The first kappa shape index (κ1) is 17.0. The van der Waals surface area contributed by atoms with Gasteiger partial charge >= 0.3 is 5.97 Å². The van der Waals surface area contributed by atoms with Crippen LogP contribution in [0.4, 0.5) is 5.69 Å². The highest BCUT2D eigenvalue weighted by atomic mass is 16.4. The number of carboxylic acid groups (broad SMARTS) is 1. The third kappa shape index (κ3) is 4.55. The van der Waals surface area contributed by atoms with Gasteiger partial charge in [0.2, 0.25) is 0 Å². The van der Waals surface area contributed by atoms with Crippen LogP contribution in [0.25, 0.3) is 0 Å². The number of carbonyl (C=O) groups is 2. The molecule has 124 valence electrons. The Morgan fingerprint density at radius 2 is 1.96 bits per heavy atom. The summed E-state index contributed by atoms with van der Waals surface area (Å²) in [6.45, 7) is 6.68. The number of amides is 1. The molecule has 0 saturated heterocycles. The molecule has 0 saturated carbocycles. The van der Waals surface area contributed by atoms with Gasteiger partial charge in [0, 0.05) is 24.2 Å². The molecule has 1 aromatic carbocycles. The SMILES string of the molecule is CC1=NN(c2ccc(C(=O)N[C@H](CC(C)C)C(=O)O)cc2)CC1. The summed E-state index contributed by atoms with van der Waals surface area (Å²) >= 11 is 0. The van der Waals surface area contributed by atoms with Crippen LogP contribution in [-0.2, 0) is 4.79 Å². The average molecular weight is 317 g/mol. The Hall–Kier alpha value is -2.37. The Kier molecular flexibility index (Phi) is 5.36. The number of nitrogens with one attached hydrogen (secondary N) is 1. The van der Waals surface area contributed by atoms with Crippen LogP contribution in [0.3, 0.4) is 0 Å². The summed E-state index contributed by atoms with van der Waals surface area (Å²) in [5.74, 6) is -1.19. The fourth-order valence-electron chi connectivity index (χ4n) is 2.48. The lowest BCUT2D eigenvalue weighted by Gasteiger charge is -2.17. The van der Waals surface area contributed by atoms with Gasteiger partial charge in [-0.25, -0.2) is 4.79 Å². The second-order valence-electron chi connectivity index (χ2n) is 6.25. The number of hydrazone groups is 1. The first-order chi connectivity index (χ1) is 10.9. The maximum Gasteiger partial charge on any atom is 0.326 e. The smallest absolute Gasteiger partial charge is 0.326 e. The highest BCUT2D eigenvalue weighted by Crippen LogP contribution is 2.20. The lowest BCUT2D eigenvalue weighted by atomic mass is 10.0. The fourth-order valence-corrected chi connectivity index (χ4v) is 2.48. The Morgan fingerprint density at radius 3 is 2.43 bits per heavy atom. The maximum atomic E-state index is 12.2. The number of carboxylic acids is 1. The Labute approximate surface area is 136 Å². The molecule has 6 heteroatoms. The molecule has 6 nitrogen and oxygen atoms in total. The van der Waals surface area contributed by atoms with E-state index in [-0.39, 0.29) is 11.8 Å². The Bertz CT molecular complexity index is 608. The lowest BCUT2D eigenvalue weighted by molar-refractivity contribution is -0.139. The quantitative estimate of drug-likeness (QED) is 0.844. The minimum Gasteiger partial charge on any atom is -0.480 e. The van der Waals surface area contributed by atoms with E-state index in [9.17, 15) is 14.7 Å². The summed E-state index contributed by atoms with van der Waals surface area (Å²) in [4.78, 5) is 23.4. The number of nitrogens with zero attached hydrogens (tertiary/aromatic N) is 2. The van der Waals surface area contributed by atoms with Gasteiger partial charge in [0.1, 0.15) is 6.04 Å². The number of hydrogen-bond acceptors (Lipinski definition) is 4. The number of rotatable bonds is 6. The van der Waals surface area contributed by atoms with Gasteiger partial charge in [0.25, 0.3) is 5.91 Å². The minimum absolute atomic E-state index is 0.190. The molecule has 1 atom stereocenters. The number of aliphatic carboxylic acids is 1. The van der Waals surface area contributed by atoms with E-state index < -0.39 is 12.0 Å². The van der Waals surface area contributed by atoms with Gasteiger partial charge in [-0.2, -0.15) is 5.10 Å². The van der Waals surface area contributed by atoms with E-state index in [1.807, 2.05) is 37.9 Å². The molecular formula is C17H23N3O3. The van der Waals surface area contributed by atoms with Gasteiger partial charge < -0.3 is 10.4 Å². The van der Waals surface area contributed by atoms with Gasteiger partial charge in [0.15, 0.2) is 0 Å². The highest BCUT2D eigenvalue weighted by molar-refractivity contribution is 5.97. The molecule has 23 heavy (non-hydrogen) atoms. The van der Waals surface area contributed by atoms with E-state index in [1.165, 1.54) is 0 Å². The molecule has 0 fully saturated rings. The van der Waals surface area contributed by atoms with Crippen LogP contribution in [0.5, 0.6) is 0 Å². The monoisotopic (exact) mass is 317 g/mol. The van der Waals surface area contributed by atoms with E-state index in [2.05, 4.69) is 10.4 Å². The third-order valence-corrected chi connectivity index (χ3v) is 3.71. The molecule has 0 aromatic heterocycles. The summed E-state index contributed by atoms with van der Waals surface area (Å²) in [5.41, 5.74) is 2.46. The zero-order valence-corrected chi connectivity index (χ0v) is 13.7. The van der Waals surface area contributed by atoms with Gasteiger partial charge in [-0.3, -0.25) is 9.80 Å². The molecule has 1 aliphatic heterocycles. The summed E-state index contributed by atoms with van der Waals surface area (Å²) in [6, 6.07) is 6.18. The van der Waals surface area contributed by atoms with Gasteiger partial charge in [-0.05, 0) is 43.5 Å². The second kappa shape index (κ2) is 7.26. The first-order valence-corrected chi connectivity index (χ1v) is 7.82. The van der Waals surface area contributed by atoms with Gasteiger partial charge in [0.05, 0.1) is 5.69 Å². The van der Waals surface area contributed by atoms with Crippen molar-refractivity contribution < 1.29 is 14.7 Å². The lowest BCUT2D eigenvalue weighted by Crippen LogP contribution is -2.41. The molecule has 1 heterocycles. The summed E-state index contributed by atoms with van der Waals surface area (Å²) < 4.78 is 0. The van der Waals surface area contributed by atoms with Gasteiger partial charge in [-0.1, -0.05) is 13.8 Å². The van der Waals surface area contributed by atoms with Crippen molar-refractivity contribution in [3.63, 3.8) is 0 Å². The van der Waals surface area contributed by atoms with Crippen LogP contribution >= 0.6 is 0 Å². The van der Waals surface area contributed by atoms with Crippen LogP contribution in [0.2, 0.25) is 0 Å². The molecule has 0 aliphatic carbocycles. The molecule has 1 aromatic rings. The molecule has 1 aliphatic rings. The second-order valence-corrected chi connectivity index (χ2v) is 6.25. The van der Waals surface area contributed by atoms with Crippen molar-refractivity contribution in [3.8, 4) is 0 Å². The predicted molar refractivity (Wildman–Crippen MR) is 89.9 cm³/mol. The standard InChI is InChI=1S/C17H23N3O3/c1-11(2)10-15(17(22)23)18-16(21)13-4-6-14(7-5-13)20-9-8-12(3)19-20/h4-7,11,15H,8-10H2,1-3H3,(H,18,21)(H,22,23)/t15-/m1/s1. The molecular weight excluding hydrogens is 294 g/mol. The highest BCUT2D eigenvalue weighted by Gasteiger charge is 2.22. The summed E-state index contributed by atoms with van der Waals surface area (Å²) in [7, 11) is 0. The van der Waals surface area contributed by atoms with Crippen molar-refractivity contribution in [3.05, 3.63) is 29.8 Å². The van der Waals surface area contributed by atoms with Crippen LogP contribution in [-0.4, -0.2) is 35.3 Å². The van der Waals surface area contributed by atoms with Crippen molar-refractivity contribution >= 4 is 23.3 Å². The van der Waals surface area contributed by atoms with Crippen LogP contribution in [0.15, 0.2) is 29.4 Å². The zero-order chi connectivity index (χ0) is 17.0. The number of anilines is 1. The summed E-state index contributed by atoms with van der Waals surface area (Å²) in [5, 5.41) is 18.1. The van der Waals surface area contributed by atoms with Crippen molar-refractivity contribution in [2.45, 2.75) is 39.7 Å². The minimum atomic E-state index is -1.01. The van der Waals surface area contributed by atoms with Crippen molar-refractivity contribution in [2.24, 2.45) is 11.0 Å². The first-order valence-electron chi connectivity index (χ1n) is 7.82. The van der Waals surface area contributed by atoms with Gasteiger partial charge in [-0.15, -0.1) is 0 Å². The molecule has 0 unspecified atom stereocenters. The third-order valence-electron chi connectivity index (χ3n) is 3.71. The van der Waals surface area contributed by atoms with E-state index >= 15 is 0 Å². The zero-order valence-electron chi connectivity index (χ0n) is 13.7. The van der Waals surface area contributed by atoms with E-state index in [4.69, 9.17) is 0 Å². The van der Waals surface area contributed by atoms with E-state index in [1.54, 1.807) is 12.1 Å². The van der Waals surface area contributed by atoms with Crippen LogP contribution < -0.4 is 10.3 Å². The maximum absolute atomic E-state index is 12.2. The topological polar surface area (TPSA) is 82.0 Å². The normalized spacial score (nSPS) is 15.5. The van der Waals surface area contributed by atoms with Crippen LogP contribution in [0.1, 0.15) is 44.0 Å². The predicted octanol–water partition coefficient (Wildman–Crippen LogP) is 2.50. The Balaban J connectivity index is 2.03. The van der Waals surface area contributed by atoms with E-state index in [0.717, 1.165) is 24.4 Å². The van der Waals surface area contributed by atoms with Crippen LogP contribution in [0, 0.1) is 5.92 Å². The largest absolute Gasteiger partial charge is 0.480 e. The molecule has 0 spiro atoms. The Morgan fingerprint density at radius 1 is 1.30 bits per heavy atom. The molecule has 0 radical (unpaired) electrons. The molecule has 2 rings (SSSR count).